The lowest BCUT2D eigenvalue weighted by molar-refractivity contribution is -0.133. The number of hydrogen-bond acceptors (Lipinski definition) is 8. The van der Waals surface area contributed by atoms with Gasteiger partial charge in [-0.2, -0.15) is 9.97 Å². The lowest BCUT2D eigenvalue weighted by atomic mass is 10.2. The van der Waals surface area contributed by atoms with Gasteiger partial charge in [-0.3, -0.25) is 9.78 Å². The van der Waals surface area contributed by atoms with Crippen molar-refractivity contribution in [1.82, 2.24) is 15.0 Å². The molecule has 0 bridgehead atoms. The zero-order valence-electron chi connectivity index (χ0n) is 18.1. The molecule has 3 heterocycles. The van der Waals surface area contributed by atoms with Crippen molar-refractivity contribution in [2.24, 2.45) is 0 Å². The van der Waals surface area contributed by atoms with Gasteiger partial charge in [0.2, 0.25) is 0 Å². The average molecular weight is 434 g/mol. The fraction of sp³-hybridized carbons (Fsp3) is 0.333. The summed E-state index contributed by atoms with van der Waals surface area (Å²) in [5.41, 5.74) is 2.50. The van der Waals surface area contributed by atoms with Gasteiger partial charge in [-0.15, -0.1) is 0 Å². The molecule has 0 N–H and O–H groups in total. The molecule has 1 aliphatic rings. The van der Waals surface area contributed by atoms with Crippen LogP contribution in [0.4, 0.5) is 5.82 Å². The number of hydrogen-bond donors (Lipinski definition) is 0. The van der Waals surface area contributed by atoms with Gasteiger partial charge in [0.25, 0.3) is 0 Å². The molecular weight excluding hydrogens is 408 g/mol. The van der Waals surface area contributed by atoms with Gasteiger partial charge < -0.3 is 19.1 Å². The van der Waals surface area contributed by atoms with E-state index in [0.29, 0.717) is 37.7 Å². The molecule has 1 aromatic carbocycles. The molecular formula is C24H26N4O4. The standard InChI is InChI=1S/C24H26N4O4/c1-18-5-4-7-21(15-18)32-23(29)17-20-16-22(28-10-13-30-14-11-28)27-24(26-20)31-12-8-19-6-2-3-9-25-19/h2-7,9,15-16H,8,10-14,17H2,1H3. The first-order valence-electron chi connectivity index (χ1n) is 10.7. The Morgan fingerprint density at radius 2 is 1.94 bits per heavy atom. The summed E-state index contributed by atoms with van der Waals surface area (Å²) in [6, 6.07) is 15.2. The minimum atomic E-state index is -0.387. The largest absolute Gasteiger partial charge is 0.463 e. The molecule has 2 aromatic heterocycles. The minimum absolute atomic E-state index is 0.0183. The van der Waals surface area contributed by atoms with Crippen LogP contribution in [-0.2, 0) is 22.4 Å². The Morgan fingerprint density at radius 1 is 1.06 bits per heavy atom. The summed E-state index contributed by atoms with van der Waals surface area (Å²) < 4.78 is 16.7. The van der Waals surface area contributed by atoms with Crippen molar-refractivity contribution in [2.45, 2.75) is 19.8 Å². The van der Waals surface area contributed by atoms with Crippen molar-refractivity contribution in [3.05, 3.63) is 71.7 Å². The molecule has 0 radical (unpaired) electrons. The molecule has 0 amide bonds. The fourth-order valence-electron chi connectivity index (χ4n) is 3.36. The van der Waals surface area contributed by atoms with Gasteiger partial charge in [0.15, 0.2) is 0 Å². The molecule has 32 heavy (non-hydrogen) atoms. The van der Waals surface area contributed by atoms with E-state index in [2.05, 4.69) is 19.9 Å². The molecule has 0 unspecified atom stereocenters. The van der Waals surface area contributed by atoms with Crippen LogP contribution in [0, 0.1) is 6.92 Å². The van der Waals surface area contributed by atoms with E-state index in [1.807, 2.05) is 49.4 Å². The van der Waals surface area contributed by atoms with E-state index >= 15 is 0 Å². The molecule has 0 atom stereocenters. The Morgan fingerprint density at radius 3 is 2.72 bits per heavy atom. The van der Waals surface area contributed by atoms with Crippen LogP contribution in [0.3, 0.4) is 0 Å². The number of aryl methyl sites for hydroxylation is 1. The Hall–Kier alpha value is -3.52. The number of anilines is 1. The Labute approximate surface area is 187 Å². The molecule has 8 nitrogen and oxygen atoms in total. The third-order valence-corrected chi connectivity index (χ3v) is 4.94. The normalized spacial score (nSPS) is 13.6. The molecule has 0 spiro atoms. The van der Waals surface area contributed by atoms with Crippen molar-refractivity contribution in [3.63, 3.8) is 0 Å². The highest BCUT2D eigenvalue weighted by molar-refractivity contribution is 5.75. The van der Waals surface area contributed by atoms with Crippen molar-refractivity contribution in [2.75, 3.05) is 37.8 Å². The van der Waals surface area contributed by atoms with Crippen molar-refractivity contribution in [1.29, 1.82) is 0 Å². The first-order valence-corrected chi connectivity index (χ1v) is 10.7. The molecule has 3 aromatic rings. The van der Waals surface area contributed by atoms with Gasteiger partial charge in [0.1, 0.15) is 11.6 Å². The van der Waals surface area contributed by atoms with Gasteiger partial charge in [-0.25, -0.2) is 0 Å². The van der Waals surface area contributed by atoms with E-state index < -0.39 is 0 Å². The van der Waals surface area contributed by atoms with Crippen LogP contribution in [0.5, 0.6) is 11.8 Å². The predicted octanol–water partition coefficient (Wildman–Crippen LogP) is 2.79. The molecule has 1 saturated heterocycles. The Balaban J connectivity index is 1.46. The monoisotopic (exact) mass is 434 g/mol. The average Bonchev–Trinajstić information content (AvgIpc) is 2.80. The first-order chi connectivity index (χ1) is 15.7. The van der Waals surface area contributed by atoms with Crippen molar-refractivity contribution in [3.8, 4) is 11.8 Å². The summed E-state index contributed by atoms with van der Waals surface area (Å²) in [6.45, 7) is 5.03. The number of esters is 1. The molecule has 166 valence electrons. The van der Waals surface area contributed by atoms with E-state index in [0.717, 1.165) is 30.2 Å². The highest BCUT2D eigenvalue weighted by Gasteiger charge is 2.17. The number of aromatic nitrogens is 3. The lowest BCUT2D eigenvalue weighted by Crippen LogP contribution is -2.37. The zero-order chi connectivity index (χ0) is 22.2. The van der Waals surface area contributed by atoms with E-state index in [9.17, 15) is 4.79 Å². The van der Waals surface area contributed by atoms with Crippen LogP contribution < -0.4 is 14.4 Å². The maximum absolute atomic E-state index is 12.5. The summed E-state index contributed by atoms with van der Waals surface area (Å²) in [5, 5.41) is 0. The van der Waals surface area contributed by atoms with Crippen LogP contribution in [0.1, 0.15) is 17.0 Å². The van der Waals surface area contributed by atoms with E-state index in [-0.39, 0.29) is 18.4 Å². The number of pyridine rings is 1. The van der Waals surface area contributed by atoms with Crippen LogP contribution in [0.25, 0.3) is 0 Å². The van der Waals surface area contributed by atoms with Gasteiger partial charge in [0.05, 0.1) is 31.9 Å². The molecule has 0 aliphatic carbocycles. The Kier molecular flexibility index (Phi) is 7.24. The highest BCUT2D eigenvalue weighted by atomic mass is 16.5. The Bertz CT molecular complexity index is 1040. The second kappa shape index (κ2) is 10.7. The van der Waals surface area contributed by atoms with Crippen molar-refractivity contribution < 1.29 is 19.0 Å². The SMILES string of the molecule is Cc1cccc(OC(=O)Cc2cc(N3CCOCC3)nc(OCCc3ccccn3)n2)c1. The van der Waals surface area contributed by atoms with Gasteiger partial charge >= 0.3 is 12.0 Å². The molecule has 8 heteroatoms. The second-order valence-electron chi connectivity index (χ2n) is 7.49. The maximum Gasteiger partial charge on any atom is 0.318 e. The quantitative estimate of drug-likeness (QED) is 0.395. The fourth-order valence-corrected chi connectivity index (χ4v) is 3.36. The van der Waals surface area contributed by atoms with E-state index in [1.165, 1.54) is 0 Å². The summed E-state index contributed by atoms with van der Waals surface area (Å²) >= 11 is 0. The van der Waals surface area contributed by atoms with Crippen LogP contribution in [0.15, 0.2) is 54.7 Å². The van der Waals surface area contributed by atoms with Crippen LogP contribution in [-0.4, -0.2) is 53.8 Å². The van der Waals surface area contributed by atoms with Gasteiger partial charge in [0, 0.05) is 37.5 Å². The number of ether oxygens (including phenoxy) is 3. The number of benzene rings is 1. The predicted molar refractivity (Wildman–Crippen MR) is 119 cm³/mol. The lowest BCUT2D eigenvalue weighted by Gasteiger charge is -2.28. The second-order valence-corrected chi connectivity index (χ2v) is 7.49. The third-order valence-electron chi connectivity index (χ3n) is 4.94. The zero-order valence-corrected chi connectivity index (χ0v) is 18.1. The molecule has 1 fully saturated rings. The third kappa shape index (κ3) is 6.24. The molecule has 4 rings (SSSR count). The number of carbonyl (C=O) groups is 1. The van der Waals surface area contributed by atoms with Crippen molar-refractivity contribution >= 4 is 11.8 Å². The van der Waals surface area contributed by atoms with E-state index in [1.54, 1.807) is 12.3 Å². The first kappa shape index (κ1) is 21.7. The molecule has 1 aliphatic heterocycles. The summed E-state index contributed by atoms with van der Waals surface area (Å²) in [4.78, 5) is 27.9. The molecule has 0 saturated carbocycles. The number of rotatable bonds is 8. The summed E-state index contributed by atoms with van der Waals surface area (Å²) in [6.07, 6.45) is 2.41. The highest BCUT2D eigenvalue weighted by Crippen LogP contribution is 2.19. The number of morpholine rings is 1. The van der Waals surface area contributed by atoms with Gasteiger partial charge in [-0.1, -0.05) is 18.2 Å². The minimum Gasteiger partial charge on any atom is -0.463 e. The number of carbonyl (C=O) groups excluding carboxylic acids is 1. The van der Waals surface area contributed by atoms with Crippen LogP contribution in [0.2, 0.25) is 0 Å². The topological polar surface area (TPSA) is 86.7 Å². The summed E-state index contributed by atoms with van der Waals surface area (Å²) in [5.74, 6) is 0.848. The maximum atomic E-state index is 12.5. The smallest absolute Gasteiger partial charge is 0.318 e. The summed E-state index contributed by atoms with van der Waals surface area (Å²) in [7, 11) is 0. The van der Waals surface area contributed by atoms with E-state index in [4.69, 9.17) is 14.2 Å². The van der Waals surface area contributed by atoms with Crippen LogP contribution >= 0.6 is 0 Å². The van der Waals surface area contributed by atoms with Gasteiger partial charge in [-0.05, 0) is 36.8 Å². The number of nitrogens with zero attached hydrogens (tertiary/aromatic N) is 4.